The van der Waals surface area contributed by atoms with Gasteiger partial charge in [-0.1, -0.05) is 20.8 Å². The van der Waals surface area contributed by atoms with Crippen LogP contribution in [-0.4, -0.2) is 22.6 Å². The molecule has 1 N–H and O–H groups in total. The van der Waals surface area contributed by atoms with E-state index in [0.29, 0.717) is 5.92 Å². The highest BCUT2D eigenvalue weighted by atomic mass is 32.2. The van der Waals surface area contributed by atoms with E-state index in [1.807, 2.05) is 0 Å². The zero-order valence-electron chi connectivity index (χ0n) is 7.33. The topological polar surface area (TPSA) is 37.3 Å². The molecule has 0 rings (SSSR count). The predicted molar refractivity (Wildman–Crippen MR) is 49.0 cm³/mol. The Balaban J connectivity index is 3.31. The van der Waals surface area contributed by atoms with Gasteiger partial charge in [-0.2, -0.15) is 11.8 Å². The molecule has 0 aromatic carbocycles. The van der Waals surface area contributed by atoms with E-state index in [0.717, 1.165) is 11.5 Å². The first-order chi connectivity index (χ1) is 5.04. The van der Waals surface area contributed by atoms with Crippen LogP contribution in [0.2, 0.25) is 0 Å². The number of thioether (sulfide) groups is 1. The predicted octanol–water partition coefficient (Wildman–Crippen LogP) is 2.10. The lowest BCUT2D eigenvalue weighted by atomic mass is 10.2. The van der Waals surface area contributed by atoms with Crippen LogP contribution in [0, 0.1) is 11.8 Å². The first-order valence-corrected chi connectivity index (χ1v) is 5.00. The Bertz CT molecular complexity index is 123. The molecule has 0 heterocycles. The van der Waals surface area contributed by atoms with Crippen molar-refractivity contribution in [1.29, 1.82) is 0 Å². The molecule has 0 saturated carbocycles. The van der Waals surface area contributed by atoms with Crippen LogP contribution in [0.4, 0.5) is 0 Å². The molecule has 0 bridgehead atoms. The summed E-state index contributed by atoms with van der Waals surface area (Å²) in [5, 5.41) is 8.53. The summed E-state index contributed by atoms with van der Waals surface area (Å²) < 4.78 is 0. The van der Waals surface area contributed by atoms with Crippen molar-refractivity contribution in [1.82, 2.24) is 0 Å². The van der Waals surface area contributed by atoms with Gasteiger partial charge in [-0.25, -0.2) is 0 Å². The van der Waals surface area contributed by atoms with Crippen LogP contribution in [0.3, 0.4) is 0 Å². The van der Waals surface area contributed by atoms with Crippen LogP contribution in [-0.2, 0) is 4.79 Å². The summed E-state index contributed by atoms with van der Waals surface area (Å²) in [6.07, 6.45) is 0. The maximum Gasteiger partial charge on any atom is 0.307 e. The van der Waals surface area contributed by atoms with Gasteiger partial charge in [-0.05, 0) is 11.7 Å². The molecule has 0 aliphatic heterocycles. The van der Waals surface area contributed by atoms with E-state index in [-0.39, 0.29) is 5.92 Å². The molecular formula is C8H16O2S. The fourth-order valence-electron chi connectivity index (χ4n) is 0.552. The third-order valence-corrected chi connectivity index (χ3v) is 2.88. The minimum absolute atomic E-state index is 0.209. The highest BCUT2D eigenvalue weighted by molar-refractivity contribution is 7.99. The van der Waals surface area contributed by atoms with Crippen molar-refractivity contribution in [3.05, 3.63) is 0 Å². The van der Waals surface area contributed by atoms with E-state index < -0.39 is 5.97 Å². The van der Waals surface area contributed by atoms with Crippen LogP contribution in [0.5, 0.6) is 0 Å². The van der Waals surface area contributed by atoms with Crippen molar-refractivity contribution >= 4 is 17.7 Å². The molecule has 1 atom stereocenters. The first kappa shape index (κ1) is 10.8. The van der Waals surface area contributed by atoms with Gasteiger partial charge in [0.05, 0.1) is 5.92 Å². The van der Waals surface area contributed by atoms with Crippen molar-refractivity contribution in [2.75, 3.05) is 11.5 Å². The summed E-state index contributed by atoms with van der Waals surface area (Å²) in [6, 6.07) is 0. The van der Waals surface area contributed by atoms with E-state index in [4.69, 9.17) is 5.11 Å². The smallest absolute Gasteiger partial charge is 0.307 e. The van der Waals surface area contributed by atoms with Crippen LogP contribution >= 0.6 is 11.8 Å². The SMILES string of the molecule is CC(C)CSC[C@@H](C)C(=O)O. The minimum Gasteiger partial charge on any atom is -0.481 e. The second kappa shape index (κ2) is 5.47. The summed E-state index contributed by atoms with van der Waals surface area (Å²) in [7, 11) is 0. The van der Waals surface area contributed by atoms with E-state index >= 15 is 0 Å². The average Bonchev–Trinajstić information content (AvgIpc) is 1.86. The molecule has 0 spiro atoms. The van der Waals surface area contributed by atoms with Gasteiger partial charge in [0.2, 0.25) is 0 Å². The summed E-state index contributed by atoms with van der Waals surface area (Å²) in [5.41, 5.74) is 0. The maximum atomic E-state index is 10.4. The van der Waals surface area contributed by atoms with Gasteiger partial charge in [-0.15, -0.1) is 0 Å². The number of carbonyl (C=O) groups is 1. The molecule has 2 nitrogen and oxygen atoms in total. The normalized spacial score (nSPS) is 13.5. The molecule has 3 heteroatoms. The van der Waals surface area contributed by atoms with Crippen molar-refractivity contribution in [3.8, 4) is 0 Å². The number of hydrogen-bond donors (Lipinski definition) is 1. The lowest BCUT2D eigenvalue weighted by Crippen LogP contribution is -2.12. The van der Waals surface area contributed by atoms with Crippen LogP contribution < -0.4 is 0 Å². The van der Waals surface area contributed by atoms with Crippen molar-refractivity contribution < 1.29 is 9.90 Å². The van der Waals surface area contributed by atoms with Gasteiger partial charge in [0, 0.05) is 5.75 Å². The van der Waals surface area contributed by atoms with Gasteiger partial charge in [0.15, 0.2) is 0 Å². The molecule has 0 aliphatic carbocycles. The number of hydrogen-bond acceptors (Lipinski definition) is 2. The van der Waals surface area contributed by atoms with Gasteiger partial charge >= 0.3 is 5.97 Å². The fraction of sp³-hybridized carbons (Fsp3) is 0.875. The molecule has 0 aliphatic rings. The Morgan fingerprint density at radius 3 is 2.27 bits per heavy atom. The third-order valence-electron chi connectivity index (χ3n) is 1.24. The Morgan fingerprint density at radius 1 is 1.36 bits per heavy atom. The Hall–Kier alpha value is -0.180. The second-order valence-corrected chi connectivity index (χ2v) is 4.25. The van der Waals surface area contributed by atoms with Gasteiger partial charge < -0.3 is 5.11 Å². The zero-order valence-corrected chi connectivity index (χ0v) is 8.15. The zero-order chi connectivity index (χ0) is 8.85. The lowest BCUT2D eigenvalue weighted by Gasteiger charge is -2.06. The molecule has 0 radical (unpaired) electrons. The fourth-order valence-corrected chi connectivity index (χ4v) is 1.66. The standard InChI is InChI=1S/C8H16O2S/c1-6(2)4-11-5-7(3)8(9)10/h6-7H,4-5H2,1-3H3,(H,9,10)/t7-/m1/s1. The number of carboxylic acid groups (broad SMARTS) is 1. The van der Waals surface area contributed by atoms with Crippen LogP contribution in [0.15, 0.2) is 0 Å². The number of rotatable bonds is 5. The first-order valence-electron chi connectivity index (χ1n) is 3.84. The average molecular weight is 176 g/mol. The van der Waals surface area contributed by atoms with Gasteiger partial charge in [0.25, 0.3) is 0 Å². The van der Waals surface area contributed by atoms with E-state index in [1.165, 1.54) is 0 Å². The van der Waals surface area contributed by atoms with Crippen molar-refractivity contribution in [3.63, 3.8) is 0 Å². The Labute approximate surface area is 72.4 Å². The lowest BCUT2D eigenvalue weighted by molar-refractivity contribution is -0.140. The molecule has 0 amide bonds. The third kappa shape index (κ3) is 6.23. The molecule has 0 fully saturated rings. The summed E-state index contributed by atoms with van der Waals surface area (Å²) in [5.74, 6) is 1.53. The Morgan fingerprint density at radius 2 is 1.91 bits per heavy atom. The molecule has 11 heavy (non-hydrogen) atoms. The monoisotopic (exact) mass is 176 g/mol. The molecule has 0 aromatic rings. The van der Waals surface area contributed by atoms with Crippen LogP contribution in [0.1, 0.15) is 20.8 Å². The van der Waals surface area contributed by atoms with Crippen molar-refractivity contribution in [2.45, 2.75) is 20.8 Å². The van der Waals surface area contributed by atoms with Crippen LogP contribution in [0.25, 0.3) is 0 Å². The van der Waals surface area contributed by atoms with E-state index in [1.54, 1.807) is 18.7 Å². The highest BCUT2D eigenvalue weighted by Crippen LogP contribution is 2.12. The number of carboxylic acids is 1. The number of aliphatic carboxylic acids is 1. The minimum atomic E-state index is -0.693. The Kier molecular flexibility index (Phi) is 5.38. The highest BCUT2D eigenvalue weighted by Gasteiger charge is 2.10. The quantitative estimate of drug-likeness (QED) is 0.697. The molecule has 0 aromatic heterocycles. The largest absolute Gasteiger partial charge is 0.481 e. The van der Waals surface area contributed by atoms with Gasteiger partial charge in [-0.3, -0.25) is 4.79 Å². The molecule has 66 valence electrons. The van der Waals surface area contributed by atoms with Gasteiger partial charge in [0.1, 0.15) is 0 Å². The summed E-state index contributed by atoms with van der Waals surface area (Å²) in [4.78, 5) is 10.4. The molecule has 0 saturated heterocycles. The molecular weight excluding hydrogens is 160 g/mol. The molecule has 0 unspecified atom stereocenters. The summed E-state index contributed by atoms with van der Waals surface area (Å²) >= 11 is 1.72. The van der Waals surface area contributed by atoms with Crippen molar-refractivity contribution in [2.24, 2.45) is 11.8 Å². The second-order valence-electron chi connectivity index (χ2n) is 3.17. The van der Waals surface area contributed by atoms with E-state index in [2.05, 4.69) is 13.8 Å². The summed E-state index contributed by atoms with van der Waals surface area (Å²) in [6.45, 7) is 6.02. The van der Waals surface area contributed by atoms with E-state index in [9.17, 15) is 4.79 Å². The maximum absolute atomic E-state index is 10.4.